The normalized spacial score (nSPS) is 11.2. The Bertz CT molecular complexity index is 543. The molecule has 5 nitrogen and oxygen atoms in total. The molecule has 3 N–H and O–H groups in total. The van der Waals surface area contributed by atoms with Crippen LogP contribution in [0.5, 0.6) is 0 Å². The summed E-state index contributed by atoms with van der Waals surface area (Å²) in [6.07, 6.45) is 0. The molecule has 0 radical (unpaired) electrons. The molecule has 0 atom stereocenters. The Balaban J connectivity index is 2.82. The third-order valence-electron chi connectivity index (χ3n) is 2.17. The van der Waals surface area contributed by atoms with Gasteiger partial charge in [0.05, 0.1) is 5.75 Å². The van der Waals surface area contributed by atoms with Crippen LogP contribution in [0.1, 0.15) is 12.5 Å². The van der Waals surface area contributed by atoms with E-state index in [0.29, 0.717) is 22.8 Å². The molecule has 0 spiro atoms. The van der Waals surface area contributed by atoms with Gasteiger partial charge in [0.2, 0.25) is 5.91 Å². The fraction of sp³-hybridized carbons (Fsp3) is 0.364. The van der Waals surface area contributed by atoms with Gasteiger partial charge in [-0.05, 0) is 30.7 Å². The molecule has 1 aromatic rings. The van der Waals surface area contributed by atoms with E-state index in [9.17, 15) is 13.2 Å². The Labute approximate surface area is 111 Å². The number of sulfone groups is 1. The van der Waals surface area contributed by atoms with Gasteiger partial charge in [0.15, 0.2) is 9.84 Å². The number of anilines is 1. The molecule has 0 aliphatic rings. The minimum Gasteiger partial charge on any atom is -0.399 e. The third-order valence-corrected chi connectivity index (χ3v) is 3.99. The zero-order chi connectivity index (χ0) is 13.8. The highest BCUT2D eigenvalue weighted by Gasteiger charge is 2.18. The molecule has 0 aliphatic heterocycles. The summed E-state index contributed by atoms with van der Waals surface area (Å²) < 4.78 is 23.6. The van der Waals surface area contributed by atoms with Gasteiger partial charge in [0.1, 0.15) is 5.75 Å². The van der Waals surface area contributed by atoms with E-state index in [0.717, 1.165) is 0 Å². The average molecular weight is 291 g/mol. The Kier molecular flexibility index (Phi) is 4.98. The van der Waals surface area contributed by atoms with Gasteiger partial charge >= 0.3 is 0 Å². The third kappa shape index (κ3) is 4.54. The number of nitrogens with two attached hydrogens (primary N) is 1. The fourth-order valence-corrected chi connectivity index (χ4v) is 3.02. The van der Waals surface area contributed by atoms with Gasteiger partial charge in [-0.2, -0.15) is 0 Å². The predicted octanol–water partition coefficient (Wildman–Crippen LogP) is 0.973. The standard InChI is InChI=1S/C11H15ClN2O3S/c1-2-14-11(15)7-18(16,17)6-8-5-9(13)3-4-10(8)12/h3-5H,2,6-7,13H2,1H3,(H,14,15). The number of halogens is 1. The van der Waals surface area contributed by atoms with Gasteiger partial charge < -0.3 is 11.1 Å². The summed E-state index contributed by atoms with van der Waals surface area (Å²) in [6.45, 7) is 2.12. The highest BCUT2D eigenvalue weighted by atomic mass is 35.5. The molecule has 0 unspecified atom stereocenters. The monoisotopic (exact) mass is 290 g/mol. The Morgan fingerprint density at radius 3 is 2.72 bits per heavy atom. The van der Waals surface area contributed by atoms with Crippen molar-refractivity contribution in [2.75, 3.05) is 18.0 Å². The van der Waals surface area contributed by atoms with Crippen molar-refractivity contribution in [1.29, 1.82) is 0 Å². The van der Waals surface area contributed by atoms with E-state index < -0.39 is 21.5 Å². The summed E-state index contributed by atoms with van der Waals surface area (Å²) in [7, 11) is -3.55. The molecule has 7 heteroatoms. The quantitative estimate of drug-likeness (QED) is 0.791. The van der Waals surface area contributed by atoms with Crippen molar-refractivity contribution in [3.63, 3.8) is 0 Å². The van der Waals surface area contributed by atoms with Crippen LogP contribution in [0, 0.1) is 0 Å². The lowest BCUT2D eigenvalue weighted by Crippen LogP contribution is -2.30. The molecule has 0 aromatic heterocycles. The molecule has 100 valence electrons. The molecular formula is C11H15ClN2O3S. The molecule has 0 bridgehead atoms. The second-order valence-corrected chi connectivity index (χ2v) is 6.31. The first-order valence-electron chi connectivity index (χ1n) is 5.35. The van der Waals surface area contributed by atoms with Crippen molar-refractivity contribution in [1.82, 2.24) is 5.32 Å². The summed E-state index contributed by atoms with van der Waals surface area (Å²) >= 11 is 5.88. The summed E-state index contributed by atoms with van der Waals surface area (Å²) in [6, 6.07) is 4.62. The SMILES string of the molecule is CCNC(=O)CS(=O)(=O)Cc1cc(N)ccc1Cl. The van der Waals surface area contributed by atoms with E-state index in [1.165, 1.54) is 12.1 Å². The van der Waals surface area contributed by atoms with Crippen LogP contribution in [0.3, 0.4) is 0 Å². The maximum absolute atomic E-state index is 11.8. The maximum Gasteiger partial charge on any atom is 0.235 e. The first-order chi connectivity index (χ1) is 8.34. The van der Waals surface area contributed by atoms with E-state index in [1.54, 1.807) is 13.0 Å². The molecule has 0 saturated carbocycles. The van der Waals surface area contributed by atoms with Crippen LogP contribution < -0.4 is 11.1 Å². The van der Waals surface area contributed by atoms with Crippen LogP contribution in [0.2, 0.25) is 5.02 Å². The van der Waals surface area contributed by atoms with Crippen LogP contribution in [0.4, 0.5) is 5.69 Å². The number of nitrogens with one attached hydrogen (secondary N) is 1. The number of carbonyl (C=O) groups is 1. The number of hydrogen-bond donors (Lipinski definition) is 2. The van der Waals surface area contributed by atoms with Crippen LogP contribution in [0.25, 0.3) is 0 Å². The summed E-state index contributed by atoms with van der Waals surface area (Å²) in [4.78, 5) is 11.3. The average Bonchev–Trinajstić information content (AvgIpc) is 2.22. The van der Waals surface area contributed by atoms with Crippen molar-refractivity contribution < 1.29 is 13.2 Å². The number of carbonyl (C=O) groups excluding carboxylic acids is 1. The zero-order valence-corrected chi connectivity index (χ0v) is 11.5. The van der Waals surface area contributed by atoms with Crippen LogP contribution in [0.15, 0.2) is 18.2 Å². The summed E-state index contributed by atoms with van der Waals surface area (Å²) in [5.74, 6) is -1.36. The molecule has 0 saturated heterocycles. The van der Waals surface area contributed by atoms with Crippen molar-refractivity contribution in [3.05, 3.63) is 28.8 Å². The Morgan fingerprint density at radius 1 is 1.44 bits per heavy atom. The van der Waals surface area contributed by atoms with Crippen molar-refractivity contribution >= 4 is 33.0 Å². The first-order valence-corrected chi connectivity index (χ1v) is 7.55. The van der Waals surface area contributed by atoms with Gasteiger partial charge in [-0.25, -0.2) is 8.42 Å². The van der Waals surface area contributed by atoms with E-state index in [1.807, 2.05) is 0 Å². The van der Waals surface area contributed by atoms with E-state index in [-0.39, 0.29) is 5.75 Å². The van der Waals surface area contributed by atoms with Crippen molar-refractivity contribution in [2.45, 2.75) is 12.7 Å². The van der Waals surface area contributed by atoms with E-state index >= 15 is 0 Å². The number of amides is 1. The molecule has 1 aromatic carbocycles. The Morgan fingerprint density at radius 2 is 2.11 bits per heavy atom. The minimum atomic E-state index is -3.55. The van der Waals surface area contributed by atoms with Crippen LogP contribution in [-0.4, -0.2) is 26.6 Å². The van der Waals surface area contributed by atoms with Crippen LogP contribution >= 0.6 is 11.6 Å². The summed E-state index contributed by atoms with van der Waals surface area (Å²) in [5, 5.41) is 2.76. The number of rotatable bonds is 5. The highest BCUT2D eigenvalue weighted by molar-refractivity contribution is 7.91. The second-order valence-electron chi connectivity index (χ2n) is 3.84. The minimum absolute atomic E-state index is 0.298. The van der Waals surface area contributed by atoms with Gasteiger partial charge in [-0.3, -0.25) is 4.79 Å². The Hall–Kier alpha value is -1.27. The first kappa shape index (κ1) is 14.8. The lowest BCUT2D eigenvalue weighted by Gasteiger charge is -2.07. The number of hydrogen-bond acceptors (Lipinski definition) is 4. The lowest BCUT2D eigenvalue weighted by atomic mass is 10.2. The molecular weight excluding hydrogens is 276 g/mol. The van der Waals surface area contributed by atoms with Gasteiger partial charge in [-0.15, -0.1) is 0 Å². The molecule has 1 rings (SSSR count). The molecule has 1 amide bonds. The summed E-state index contributed by atoms with van der Waals surface area (Å²) in [5.41, 5.74) is 6.40. The zero-order valence-electron chi connectivity index (χ0n) is 9.94. The van der Waals surface area contributed by atoms with E-state index in [4.69, 9.17) is 17.3 Å². The van der Waals surface area contributed by atoms with Crippen molar-refractivity contribution in [3.8, 4) is 0 Å². The molecule has 18 heavy (non-hydrogen) atoms. The van der Waals surface area contributed by atoms with E-state index in [2.05, 4.69) is 5.32 Å². The number of nitrogen functional groups attached to an aromatic ring is 1. The topological polar surface area (TPSA) is 89.3 Å². The molecule has 0 fully saturated rings. The lowest BCUT2D eigenvalue weighted by molar-refractivity contribution is -0.118. The van der Waals surface area contributed by atoms with Gasteiger partial charge in [0.25, 0.3) is 0 Å². The smallest absolute Gasteiger partial charge is 0.235 e. The second kappa shape index (κ2) is 6.06. The molecule has 0 heterocycles. The molecule has 0 aliphatic carbocycles. The van der Waals surface area contributed by atoms with Gasteiger partial charge in [-0.1, -0.05) is 11.6 Å². The van der Waals surface area contributed by atoms with Crippen LogP contribution in [-0.2, 0) is 20.4 Å². The van der Waals surface area contributed by atoms with Gasteiger partial charge in [0, 0.05) is 17.3 Å². The number of benzene rings is 1. The fourth-order valence-electron chi connectivity index (χ4n) is 1.44. The van der Waals surface area contributed by atoms with Crippen molar-refractivity contribution in [2.24, 2.45) is 0 Å². The maximum atomic E-state index is 11.8. The predicted molar refractivity (Wildman–Crippen MR) is 72.0 cm³/mol. The highest BCUT2D eigenvalue weighted by Crippen LogP contribution is 2.21. The largest absolute Gasteiger partial charge is 0.399 e.